The Kier molecular flexibility index (Phi) is 4.75. The quantitative estimate of drug-likeness (QED) is 0.867. The van der Waals surface area contributed by atoms with E-state index in [9.17, 15) is 4.79 Å². The number of para-hydroxylation sites is 1. The van der Waals surface area contributed by atoms with Crippen LogP contribution in [0.25, 0.3) is 0 Å². The van der Waals surface area contributed by atoms with E-state index in [2.05, 4.69) is 10.2 Å². The highest BCUT2D eigenvalue weighted by atomic mass is 16.5. The van der Waals surface area contributed by atoms with Crippen LogP contribution in [-0.4, -0.2) is 43.7 Å². The fourth-order valence-electron chi connectivity index (χ4n) is 2.33. The Morgan fingerprint density at radius 2 is 2.00 bits per heavy atom. The van der Waals surface area contributed by atoms with Crippen molar-refractivity contribution in [1.29, 1.82) is 0 Å². The fraction of sp³-hybridized carbons (Fsp3) is 0.533. The fourth-order valence-corrected chi connectivity index (χ4v) is 2.33. The van der Waals surface area contributed by atoms with Gasteiger partial charge in [0.25, 0.3) is 0 Å². The highest BCUT2D eigenvalue weighted by Crippen LogP contribution is 2.22. The lowest BCUT2D eigenvalue weighted by Gasteiger charge is -2.32. The summed E-state index contributed by atoms with van der Waals surface area (Å²) in [4.78, 5) is 14.5. The van der Waals surface area contributed by atoms with Crippen LogP contribution in [0.1, 0.15) is 18.4 Å². The lowest BCUT2D eigenvalue weighted by Crippen LogP contribution is -2.54. The largest absolute Gasteiger partial charge is 0.381 e. The van der Waals surface area contributed by atoms with Crippen molar-refractivity contribution in [3.05, 3.63) is 29.8 Å². The average Bonchev–Trinajstić information content (AvgIpc) is 2.41. The van der Waals surface area contributed by atoms with Crippen LogP contribution >= 0.6 is 0 Å². The van der Waals surface area contributed by atoms with Crippen LogP contribution in [0.2, 0.25) is 0 Å². The molecule has 0 aromatic heterocycles. The summed E-state index contributed by atoms with van der Waals surface area (Å²) in [6, 6.07) is 7.82. The molecule has 20 heavy (non-hydrogen) atoms. The van der Waals surface area contributed by atoms with Crippen molar-refractivity contribution >= 4 is 11.6 Å². The van der Waals surface area contributed by atoms with Crippen LogP contribution in [0.15, 0.2) is 24.3 Å². The van der Waals surface area contributed by atoms with Gasteiger partial charge in [-0.3, -0.25) is 4.79 Å². The highest BCUT2D eigenvalue weighted by Gasteiger charge is 2.36. The van der Waals surface area contributed by atoms with E-state index in [0.29, 0.717) is 26.1 Å². The maximum absolute atomic E-state index is 12.4. The lowest BCUT2D eigenvalue weighted by atomic mass is 9.90. The molecule has 1 heterocycles. The van der Waals surface area contributed by atoms with E-state index < -0.39 is 5.54 Å². The molecular formula is C15H23N3O2. The second-order valence-corrected chi connectivity index (χ2v) is 5.62. The summed E-state index contributed by atoms with van der Waals surface area (Å²) >= 11 is 0. The first-order chi connectivity index (χ1) is 9.51. The summed E-state index contributed by atoms with van der Waals surface area (Å²) in [5.41, 5.74) is 7.30. The summed E-state index contributed by atoms with van der Waals surface area (Å²) in [7, 11) is 4.00. The van der Waals surface area contributed by atoms with Crippen LogP contribution < -0.4 is 11.1 Å². The van der Waals surface area contributed by atoms with E-state index in [-0.39, 0.29) is 5.91 Å². The van der Waals surface area contributed by atoms with Crippen LogP contribution in [0.5, 0.6) is 0 Å². The molecule has 0 aliphatic carbocycles. The number of amides is 1. The Morgan fingerprint density at radius 1 is 1.35 bits per heavy atom. The number of carbonyl (C=O) groups is 1. The second kappa shape index (κ2) is 6.35. The number of rotatable bonds is 4. The maximum Gasteiger partial charge on any atom is 0.244 e. The number of carbonyl (C=O) groups excluding carboxylic acids is 1. The lowest BCUT2D eigenvalue weighted by molar-refractivity contribution is -0.124. The topological polar surface area (TPSA) is 67.6 Å². The molecule has 1 fully saturated rings. The summed E-state index contributed by atoms with van der Waals surface area (Å²) in [6.07, 6.45) is 1.13. The average molecular weight is 277 g/mol. The van der Waals surface area contributed by atoms with Crippen LogP contribution in [0, 0.1) is 0 Å². The number of anilines is 1. The van der Waals surface area contributed by atoms with Gasteiger partial charge in [0.15, 0.2) is 0 Å². The van der Waals surface area contributed by atoms with E-state index in [4.69, 9.17) is 10.5 Å². The van der Waals surface area contributed by atoms with E-state index in [1.54, 1.807) is 0 Å². The summed E-state index contributed by atoms with van der Waals surface area (Å²) in [5.74, 6) is -0.119. The highest BCUT2D eigenvalue weighted by molar-refractivity contribution is 5.98. The number of nitrogens with two attached hydrogens (primary N) is 1. The minimum Gasteiger partial charge on any atom is -0.381 e. The molecule has 1 aromatic carbocycles. The van der Waals surface area contributed by atoms with Crippen molar-refractivity contribution in [2.24, 2.45) is 5.73 Å². The third kappa shape index (κ3) is 3.56. The van der Waals surface area contributed by atoms with Crippen molar-refractivity contribution in [1.82, 2.24) is 4.90 Å². The van der Waals surface area contributed by atoms with Gasteiger partial charge in [-0.05, 0) is 38.6 Å². The molecule has 5 nitrogen and oxygen atoms in total. The summed E-state index contributed by atoms with van der Waals surface area (Å²) < 4.78 is 5.27. The Bertz CT molecular complexity index is 468. The maximum atomic E-state index is 12.4. The van der Waals surface area contributed by atoms with Crippen molar-refractivity contribution in [3.63, 3.8) is 0 Å². The van der Waals surface area contributed by atoms with Gasteiger partial charge in [0.1, 0.15) is 5.54 Å². The molecule has 1 amide bonds. The Labute approximate surface area is 120 Å². The van der Waals surface area contributed by atoms with Gasteiger partial charge in [0.05, 0.1) is 0 Å². The van der Waals surface area contributed by atoms with Crippen LogP contribution in [0.3, 0.4) is 0 Å². The van der Waals surface area contributed by atoms with E-state index >= 15 is 0 Å². The number of hydrogen-bond donors (Lipinski definition) is 2. The first-order valence-corrected chi connectivity index (χ1v) is 6.92. The SMILES string of the molecule is CN(C)Cc1ccccc1NC(=O)C1(N)CCOCC1. The predicted molar refractivity (Wildman–Crippen MR) is 79.4 cm³/mol. The molecular weight excluding hydrogens is 254 g/mol. The Hall–Kier alpha value is -1.43. The monoisotopic (exact) mass is 277 g/mol. The second-order valence-electron chi connectivity index (χ2n) is 5.62. The zero-order chi connectivity index (χ0) is 14.6. The normalized spacial score (nSPS) is 18.0. The number of hydrogen-bond acceptors (Lipinski definition) is 4. The standard InChI is InChI=1S/C15H23N3O2/c1-18(2)11-12-5-3-4-6-13(12)17-14(19)15(16)7-9-20-10-8-15/h3-6H,7-11,16H2,1-2H3,(H,17,19). The molecule has 110 valence electrons. The van der Waals surface area contributed by atoms with Gasteiger partial charge in [0.2, 0.25) is 5.91 Å². The molecule has 1 saturated heterocycles. The molecule has 3 N–H and O–H groups in total. The third-order valence-electron chi connectivity index (χ3n) is 3.59. The van der Waals surface area contributed by atoms with Crippen molar-refractivity contribution in [2.45, 2.75) is 24.9 Å². The van der Waals surface area contributed by atoms with E-state index in [1.807, 2.05) is 38.4 Å². The zero-order valence-electron chi connectivity index (χ0n) is 12.2. The molecule has 1 aromatic rings. The van der Waals surface area contributed by atoms with Gasteiger partial charge >= 0.3 is 0 Å². The summed E-state index contributed by atoms with van der Waals surface area (Å²) in [5, 5.41) is 2.98. The molecule has 0 unspecified atom stereocenters. The van der Waals surface area contributed by atoms with Crippen molar-refractivity contribution < 1.29 is 9.53 Å². The first-order valence-electron chi connectivity index (χ1n) is 6.92. The minimum absolute atomic E-state index is 0.119. The molecule has 0 bridgehead atoms. The third-order valence-corrected chi connectivity index (χ3v) is 3.59. The number of nitrogens with zero attached hydrogens (tertiary/aromatic N) is 1. The van der Waals surface area contributed by atoms with Crippen LogP contribution in [-0.2, 0) is 16.1 Å². The molecule has 5 heteroatoms. The molecule has 0 saturated carbocycles. The van der Waals surface area contributed by atoms with Gasteiger partial charge in [-0.25, -0.2) is 0 Å². The molecule has 1 aliphatic heterocycles. The molecule has 0 radical (unpaired) electrons. The van der Waals surface area contributed by atoms with Gasteiger partial charge in [-0.2, -0.15) is 0 Å². The zero-order valence-corrected chi connectivity index (χ0v) is 12.2. The van der Waals surface area contributed by atoms with Gasteiger partial charge < -0.3 is 20.7 Å². The van der Waals surface area contributed by atoms with E-state index in [0.717, 1.165) is 17.8 Å². The number of ether oxygens (including phenoxy) is 1. The van der Waals surface area contributed by atoms with E-state index in [1.165, 1.54) is 0 Å². The van der Waals surface area contributed by atoms with Crippen LogP contribution in [0.4, 0.5) is 5.69 Å². The number of benzene rings is 1. The smallest absolute Gasteiger partial charge is 0.244 e. The van der Waals surface area contributed by atoms with Gasteiger partial charge in [-0.1, -0.05) is 18.2 Å². The Morgan fingerprint density at radius 3 is 2.65 bits per heavy atom. The van der Waals surface area contributed by atoms with Gasteiger partial charge in [0, 0.05) is 25.4 Å². The number of nitrogens with one attached hydrogen (secondary N) is 1. The van der Waals surface area contributed by atoms with Crippen molar-refractivity contribution in [2.75, 3.05) is 32.6 Å². The molecule has 2 rings (SSSR count). The predicted octanol–water partition coefficient (Wildman–Crippen LogP) is 1.19. The first kappa shape index (κ1) is 15.0. The molecule has 0 atom stereocenters. The molecule has 1 aliphatic rings. The summed E-state index contributed by atoms with van der Waals surface area (Å²) in [6.45, 7) is 1.86. The Balaban J connectivity index is 2.11. The van der Waals surface area contributed by atoms with Crippen molar-refractivity contribution in [3.8, 4) is 0 Å². The minimum atomic E-state index is -0.816. The van der Waals surface area contributed by atoms with Gasteiger partial charge in [-0.15, -0.1) is 0 Å². The molecule has 0 spiro atoms.